The average Bonchev–Trinajstić information content (AvgIpc) is 2.41. The van der Waals surface area contributed by atoms with Gasteiger partial charge in [0.05, 0.1) is 23.4 Å². The Bertz CT molecular complexity index is 740. The average molecular weight is 276 g/mol. The van der Waals surface area contributed by atoms with Crippen molar-refractivity contribution in [2.24, 2.45) is 0 Å². The van der Waals surface area contributed by atoms with Gasteiger partial charge >= 0.3 is 5.97 Å². The van der Waals surface area contributed by atoms with Crippen LogP contribution in [0.25, 0.3) is 0 Å². The van der Waals surface area contributed by atoms with E-state index in [-0.39, 0.29) is 23.5 Å². The molecule has 1 N–H and O–H groups in total. The molecule has 0 fully saturated rings. The Labute approximate surface area is 111 Å². The van der Waals surface area contributed by atoms with E-state index < -0.39 is 16.5 Å². The quantitative estimate of drug-likeness (QED) is 0.627. The summed E-state index contributed by atoms with van der Waals surface area (Å²) < 4.78 is 1.02. The Hall–Kier alpha value is -3.10. The second kappa shape index (κ2) is 5.26. The first kappa shape index (κ1) is 13.3. The molecule has 2 aromatic heterocycles. The molecule has 2 heterocycles. The number of aromatic nitrogens is 3. The molecule has 0 spiro atoms. The molecule has 2 aromatic rings. The highest BCUT2D eigenvalue weighted by atomic mass is 16.6. The van der Waals surface area contributed by atoms with E-state index in [1.54, 1.807) is 0 Å². The van der Waals surface area contributed by atoms with Crippen LogP contribution in [0.5, 0.6) is 0 Å². The third kappa shape index (κ3) is 2.66. The van der Waals surface area contributed by atoms with E-state index in [1.807, 2.05) is 0 Å². The van der Waals surface area contributed by atoms with Crippen LogP contribution in [-0.2, 0) is 6.54 Å². The number of carboxylic acids is 1. The molecule has 0 saturated carbocycles. The van der Waals surface area contributed by atoms with E-state index in [4.69, 9.17) is 5.11 Å². The molecule has 0 radical (unpaired) electrons. The molecule has 0 unspecified atom stereocenters. The van der Waals surface area contributed by atoms with Gasteiger partial charge in [0.15, 0.2) is 0 Å². The molecular formula is C11H8N4O5. The number of pyridine rings is 1. The molecule has 2 rings (SSSR count). The van der Waals surface area contributed by atoms with Crippen molar-refractivity contribution in [3.63, 3.8) is 0 Å². The summed E-state index contributed by atoms with van der Waals surface area (Å²) in [7, 11) is 0. The number of aromatic carboxylic acids is 1. The minimum atomic E-state index is -1.24. The van der Waals surface area contributed by atoms with Gasteiger partial charge in [0.25, 0.3) is 11.2 Å². The number of carboxylic acid groups (broad SMARTS) is 1. The molecule has 0 aliphatic carbocycles. The van der Waals surface area contributed by atoms with Crippen LogP contribution < -0.4 is 5.56 Å². The fourth-order valence-electron chi connectivity index (χ4n) is 1.57. The Balaban J connectivity index is 2.45. The maximum atomic E-state index is 11.6. The van der Waals surface area contributed by atoms with E-state index in [1.165, 1.54) is 0 Å². The molecule has 0 bridgehead atoms. The van der Waals surface area contributed by atoms with Crippen LogP contribution in [0.4, 0.5) is 5.69 Å². The standard InChI is InChI=1S/C11H8N4O5/c16-10-2-1-7(15(19)20)4-14(10)5-9-8(11(17)18)3-12-6-13-9/h1-4,6H,5H2,(H,17,18). The van der Waals surface area contributed by atoms with Crippen molar-refractivity contribution in [2.75, 3.05) is 0 Å². The van der Waals surface area contributed by atoms with Gasteiger partial charge in [0, 0.05) is 18.3 Å². The van der Waals surface area contributed by atoms with Gasteiger partial charge in [0.1, 0.15) is 11.9 Å². The van der Waals surface area contributed by atoms with Crippen molar-refractivity contribution in [3.05, 3.63) is 62.6 Å². The van der Waals surface area contributed by atoms with E-state index in [2.05, 4.69) is 9.97 Å². The van der Waals surface area contributed by atoms with Gasteiger partial charge in [-0.25, -0.2) is 14.8 Å². The van der Waals surface area contributed by atoms with Gasteiger partial charge in [-0.3, -0.25) is 14.9 Å². The van der Waals surface area contributed by atoms with E-state index >= 15 is 0 Å². The summed E-state index contributed by atoms with van der Waals surface area (Å²) in [5.41, 5.74) is -0.831. The molecule has 0 atom stereocenters. The van der Waals surface area contributed by atoms with Crippen molar-refractivity contribution in [3.8, 4) is 0 Å². The normalized spacial score (nSPS) is 10.2. The third-order valence-corrected chi connectivity index (χ3v) is 2.52. The van der Waals surface area contributed by atoms with E-state index in [0.29, 0.717) is 0 Å². The number of hydrogen-bond donors (Lipinski definition) is 1. The third-order valence-electron chi connectivity index (χ3n) is 2.52. The van der Waals surface area contributed by atoms with Crippen LogP contribution in [-0.4, -0.2) is 30.5 Å². The molecule has 9 heteroatoms. The second-order valence-corrected chi connectivity index (χ2v) is 3.80. The summed E-state index contributed by atoms with van der Waals surface area (Å²) >= 11 is 0. The van der Waals surface area contributed by atoms with Gasteiger partial charge in [0.2, 0.25) is 0 Å². The highest BCUT2D eigenvalue weighted by Gasteiger charge is 2.14. The minimum Gasteiger partial charge on any atom is -0.478 e. The SMILES string of the molecule is O=C(O)c1cncnc1Cn1cc([N+](=O)[O-])ccc1=O. The molecule has 0 aliphatic heterocycles. The summed E-state index contributed by atoms with van der Waals surface area (Å²) in [6.45, 7) is -0.190. The van der Waals surface area contributed by atoms with Crippen LogP contribution >= 0.6 is 0 Å². The maximum absolute atomic E-state index is 11.6. The highest BCUT2D eigenvalue weighted by molar-refractivity contribution is 5.88. The van der Waals surface area contributed by atoms with E-state index in [0.717, 1.165) is 35.4 Å². The smallest absolute Gasteiger partial charge is 0.339 e. The van der Waals surface area contributed by atoms with Crippen LogP contribution in [0.2, 0.25) is 0 Å². The molecule has 102 valence electrons. The molecule has 0 aliphatic rings. The highest BCUT2D eigenvalue weighted by Crippen LogP contribution is 2.09. The molecule has 20 heavy (non-hydrogen) atoms. The van der Waals surface area contributed by atoms with Gasteiger partial charge in [-0.05, 0) is 0 Å². The Kier molecular flexibility index (Phi) is 3.51. The van der Waals surface area contributed by atoms with Gasteiger partial charge < -0.3 is 9.67 Å². The lowest BCUT2D eigenvalue weighted by molar-refractivity contribution is -0.385. The van der Waals surface area contributed by atoms with Crippen molar-refractivity contribution >= 4 is 11.7 Å². The largest absolute Gasteiger partial charge is 0.478 e. The molecule has 0 saturated heterocycles. The number of rotatable bonds is 4. The first-order chi connectivity index (χ1) is 9.49. The van der Waals surface area contributed by atoms with Crippen molar-refractivity contribution in [1.29, 1.82) is 0 Å². The fraction of sp³-hybridized carbons (Fsp3) is 0.0909. The number of hydrogen-bond acceptors (Lipinski definition) is 6. The summed E-state index contributed by atoms with van der Waals surface area (Å²) in [6, 6.07) is 2.12. The zero-order valence-electron chi connectivity index (χ0n) is 9.96. The Morgan fingerprint density at radius 2 is 2.20 bits per heavy atom. The van der Waals surface area contributed by atoms with Gasteiger partial charge in [-0.1, -0.05) is 0 Å². The summed E-state index contributed by atoms with van der Waals surface area (Å²) in [5.74, 6) is -1.24. The number of nitrogens with zero attached hydrogens (tertiary/aromatic N) is 4. The molecule has 0 aromatic carbocycles. The Morgan fingerprint density at radius 1 is 1.45 bits per heavy atom. The van der Waals surface area contributed by atoms with Crippen molar-refractivity contribution in [2.45, 2.75) is 6.54 Å². The second-order valence-electron chi connectivity index (χ2n) is 3.80. The zero-order chi connectivity index (χ0) is 14.7. The van der Waals surface area contributed by atoms with E-state index in [9.17, 15) is 19.7 Å². The Morgan fingerprint density at radius 3 is 2.85 bits per heavy atom. The predicted octanol–water partition coefficient (Wildman–Crippen LogP) is 0.293. The van der Waals surface area contributed by atoms with Gasteiger partial charge in [-0.15, -0.1) is 0 Å². The summed E-state index contributed by atoms with van der Waals surface area (Å²) in [6.07, 6.45) is 3.29. The molecular weight excluding hydrogens is 268 g/mol. The zero-order valence-corrected chi connectivity index (χ0v) is 9.96. The first-order valence-corrected chi connectivity index (χ1v) is 5.36. The fourth-order valence-corrected chi connectivity index (χ4v) is 1.57. The van der Waals surface area contributed by atoms with Crippen LogP contribution in [0, 0.1) is 10.1 Å². The minimum absolute atomic E-state index is 0.0927. The lowest BCUT2D eigenvalue weighted by Crippen LogP contribution is -2.21. The summed E-state index contributed by atoms with van der Waals surface area (Å²) in [5, 5.41) is 19.6. The topological polar surface area (TPSA) is 128 Å². The molecule has 0 amide bonds. The van der Waals surface area contributed by atoms with Crippen LogP contribution in [0.15, 0.2) is 35.6 Å². The number of carbonyl (C=O) groups is 1. The predicted molar refractivity (Wildman–Crippen MR) is 65.4 cm³/mol. The molecule has 9 nitrogen and oxygen atoms in total. The van der Waals surface area contributed by atoms with Crippen LogP contribution in [0.3, 0.4) is 0 Å². The van der Waals surface area contributed by atoms with Crippen molar-refractivity contribution in [1.82, 2.24) is 14.5 Å². The van der Waals surface area contributed by atoms with Gasteiger partial charge in [-0.2, -0.15) is 0 Å². The maximum Gasteiger partial charge on any atom is 0.339 e. The van der Waals surface area contributed by atoms with Crippen molar-refractivity contribution < 1.29 is 14.8 Å². The van der Waals surface area contributed by atoms with Crippen LogP contribution in [0.1, 0.15) is 16.1 Å². The first-order valence-electron chi connectivity index (χ1n) is 5.36. The number of nitro groups is 1. The summed E-state index contributed by atoms with van der Waals surface area (Å²) in [4.78, 5) is 40.0. The monoisotopic (exact) mass is 276 g/mol. The lowest BCUT2D eigenvalue weighted by atomic mass is 10.2. The lowest BCUT2D eigenvalue weighted by Gasteiger charge is -2.06.